The molecule has 0 radical (unpaired) electrons. The fourth-order valence-corrected chi connectivity index (χ4v) is 4.59. The van der Waals surface area contributed by atoms with E-state index in [4.69, 9.17) is 9.47 Å². The molecule has 2 aromatic carbocycles. The van der Waals surface area contributed by atoms with Gasteiger partial charge in [0.15, 0.2) is 0 Å². The van der Waals surface area contributed by atoms with Crippen LogP contribution in [0.4, 0.5) is 10.1 Å². The number of hydrogen-bond acceptors (Lipinski definition) is 6. The summed E-state index contributed by atoms with van der Waals surface area (Å²) in [5.74, 6) is 0.481. The number of para-hydroxylation sites is 1. The molecule has 4 rings (SSSR count). The van der Waals surface area contributed by atoms with Crippen molar-refractivity contribution in [2.24, 2.45) is 0 Å². The van der Waals surface area contributed by atoms with Crippen LogP contribution in [0.15, 0.2) is 48.5 Å². The topological polar surface area (TPSA) is 65.4 Å². The number of rotatable bonds is 6. The molecule has 1 atom stereocenters. The Labute approximate surface area is 189 Å². The highest BCUT2D eigenvalue weighted by Gasteiger charge is 2.39. The second-order valence-electron chi connectivity index (χ2n) is 9.26. The lowest BCUT2D eigenvalue weighted by molar-refractivity contribution is -0.0742. The van der Waals surface area contributed by atoms with Crippen LogP contribution in [0.5, 0.6) is 5.75 Å². The van der Waals surface area contributed by atoms with Crippen LogP contribution in [0.1, 0.15) is 18.4 Å². The molecule has 2 aromatic rings. The smallest absolute Gasteiger partial charge is 0.146 e. The molecular formula is C25H33FN2O4. The molecular weight excluding hydrogens is 411 g/mol. The number of piperidine rings is 1. The summed E-state index contributed by atoms with van der Waals surface area (Å²) < 4.78 is 25.6. The molecule has 2 aliphatic heterocycles. The predicted molar refractivity (Wildman–Crippen MR) is 122 cm³/mol. The zero-order valence-electron chi connectivity index (χ0n) is 18.7. The summed E-state index contributed by atoms with van der Waals surface area (Å²) in [4.78, 5) is 4.05. The summed E-state index contributed by atoms with van der Waals surface area (Å²) >= 11 is 0. The lowest BCUT2D eigenvalue weighted by Crippen LogP contribution is -2.55. The monoisotopic (exact) mass is 444 g/mol. The van der Waals surface area contributed by atoms with E-state index in [9.17, 15) is 14.6 Å². The quantitative estimate of drug-likeness (QED) is 0.714. The second-order valence-corrected chi connectivity index (χ2v) is 9.26. The lowest BCUT2D eigenvalue weighted by Gasteiger charge is -2.42. The number of anilines is 1. The van der Waals surface area contributed by atoms with Crippen molar-refractivity contribution in [3.05, 3.63) is 59.9 Å². The molecule has 2 aliphatic rings. The van der Waals surface area contributed by atoms with Crippen molar-refractivity contribution in [1.29, 1.82) is 0 Å². The summed E-state index contributed by atoms with van der Waals surface area (Å²) in [6.45, 7) is 5.39. The highest BCUT2D eigenvalue weighted by Crippen LogP contribution is 2.29. The van der Waals surface area contributed by atoms with E-state index in [0.29, 0.717) is 63.6 Å². The van der Waals surface area contributed by atoms with E-state index >= 15 is 0 Å². The van der Waals surface area contributed by atoms with Gasteiger partial charge in [-0.05, 0) is 49.6 Å². The number of nitrogens with zero attached hydrogens (tertiary/aromatic N) is 2. The van der Waals surface area contributed by atoms with Gasteiger partial charge in [0.25, 0.3) is 0 Å². The minimum atomic E-state index is -1.16. The van der Waals surface area contributed by atoms with Gasteiger partial charge < -0.3 is 24.6 Å². The van der Waals surface area contributed by atoms with Gasteiger partial charge in [-0.15, -0.1) is 0 Å². The van der Waals surface area contributed by atoms with Crippen molar-refractivity contribution >= 4 is 5.69 Å². The van der Waals surface area contributed by atoms with Gasteiger partial charge in [0.1, 0.15) is 23.8 Å². The molecule has 0 amide bonds. The molecule has 0 spiro atoms. The lowest BCUT2D eigenvalue weighted by atomic mass is 9.90. The third kappa shape index (κ3) is 5.78. The fraction of sp³-hybridized carbons (Fsp3) is 0.520. The van der Waals surface area contributed by atoms with Gasteiger partial charge in [0.2, 0.25) is 0 Å². The highest BCUT2D eigenvalue weighted by molar-refractivity contribution is 5.48. The van der Waals surface area contributed by atoms with Gasteiger partial charge in [-0.25, -0.2) is 4.39 Å². The number of aliphatic hydroxyl groups is 2. The molecule has 32 heavy (non-hydrogen) atoms. The van der Waals surface area contributed by atoms with Crippen LogP contribution >= 0.6 is 0 Å². The van der Waals surface area contributed by atoms with Gasteiger partial charge in [-0.2, -0.15) is 0 Å². The van der Waals surface area contributed by atoms with E-state index in [1.54, 1.807) is 12.1 Å². The summed E-state index contributed by atoms with van der Waals surface area (Å²) in [6, 6.07) is 14.5. The van der Waals surface area contributed by atoms with Crippen molar-refractivity contribution < 1.29 is 24.1 Å². The number of β-amino-alcohol motifs (C(OH)–C–C–N with tert-alkyl or cyclic N) is 2. The Bertz CT molecular complexity index is 903. The largest absolute Gasteiger partial charge is 0.490 e. The Kier molecular flexibility index (Phi) is 7.00. The van der Waals surface area contributed by atoms with E-state index in [1.807, 2.05) is 42.2 Å². The number of benzene rings is 2. The number of hydrogen-bond donors (Lipinski definition) is 2. The van der Waals surface area contributed by atoms with Crippen LogP contribution in [0.25, 0.3) is 0 Å². The number of halogens is 1. The van der Waals surface area contributed by atoms with Gasteiger partial charge in [0, 0.05) is 32.7 Å². The first-order valence-electron chi connectivity index (χ1n) is 11.3. The van der Waals surface area contributed by atoms with Crippen LogP contribution in [-0.4, -0.2) is 78.9 Å². The van der Waals surface area contributed by atoms with Crippen molar-refractivity contribution in [2.45, 2.75) is 31.0 Å². The molecule has 174 valence electrons. The molecule has 0 bridgehead atoms. The SMILES string of the molecule is Cc1cccc(OCC2(O)COCCN(CC3(O)CCN(c4ccccc4F)CC3)C2)c1. The summed E-state index contributed by atoms with van der Waals surface area (Å²) in [7, 11) is 0. The first kappa shape index (κ1) is 23.0. The average Bonchev–Trinajstić information content (AvgIpc) is 2.95. The summed E-state index contributed by atoms with van der Waals surface area (Å²) in [6.07, 6.45) is 1.08. The fourth-order valence-electron chi connectivity index (χ4n) is 4.59. The van der Waals surface area contributed by atoms with Crippen LogP contribution in [0.2, 0.25) is 0 Å². The van der Waals surface area contributed by atoms with E-state index in [0.717, 1.165) is 5.56 Å². The zero-order chi connectivity index (χ0) is 22.6. The maximum absolute atomic E-state index is 14.1. The summed E-state index contributed by atoms with van der Waals surface area (Å²) in [5, 5.41) is 22.4. The Morgan fingerprint density at radius 3 is 2.56 bits per heavy atom. The van der Waals surface area contributed by atoms with Crippen molar-refractivity contribution in [3.8, 4) is 5.75 Å². The minimum absolute atomic E-state index is 0.118. The average molecular weight is 445 g/mol. The maximum atomic E-state index is 14.1. The molecule has 2 heterocycles. The molecule has 2 N–H and O–H groups in total. The number of ether oxygens (including phenoxy) is 2. The normalized spacial score (nSPS) is 24.2. The van der Waals surface area contributed by atoms with E-state index in [2.05, 4.69) is 4.90 Å². The van der Waals surface area contributed by atoms with Gasteiger partial charge >= 0.3 is 0 Å². The second kappa shape index (κ2) is 9.75. The molecule has 1 unspecified atom stereocenters. The first-order valence-corrected chi connectivity index (χ1v) is 11.3. The molecule has 2 saturated heterocycles. The molecule has 7 heteroatoms. The Morgan fingerprint density at radius 2 is 1.81 bits per heavy atom. The van der Waals surface area contributed by atoms with Crippen LogP contribution < -0.4 is 9.64 Å². The van der Waals surface area contributed by atoms with Crippen molar-refractivity contribution in [2.75, 3.05) is 57.4 Å². The number of aryl methyl sites for hydroxylation is 1. The van der Waals surface area contributed by atoms with Crippen molar-refractivity contribution in [3.63, 3.8) is 0 Å². The van der Waals surface area contributed by atoms with E-state index in [1.165, 1.54) is 6.07 Å². The van der Waals surface area contributed by atoms with Crippen LogP contribution in [-0.2, 0) is 4.74 Å². The summed E-state index contributed by atoms with van der Waals surface area (Å²) in [5.41, 5.74) is -0.368. The zero-order valence-corrected chi connectivity index (χ0v) is 18.7. The Hall–Kier alpha value is -2.19. The third-order valence-electron chi connectivity index (χ3n) is 6.34. The predicted octanol–water partition coefficient (Wildman–Crippen LogP) is 2.61. The Morgan fingerprint density at radius 1 is 1.03 bits per heavy atom. The van der Waals surface area contributed by atoms with Gasteiger partial charge in [-0.3, -0.25) is 4.90 Å². The van der Waals surface area contributed by atoms with Crippen LogP contribution in [0.3, 0.4) is 0 Å². The minimum Gasteiger partial charge on any atom is -0.490 e. The highest BCUT2D eigenvalue weighted by atomic mass is 19.1. The first-order chi connectivity index (χ1) is 15.3. The molecule has 0 aliphatic carbocycles. The Balaban J connectivity index is 1.34. The van der Waals surface area contributed by atoms with Gasteiger partial charge in [0.05, 0.1) is 24.5 Å². The molecule has 0 saturated carbocycles. The third-order valence-corrected chi connectivity index (χ3v) is 6.34. The molecule has 0 aromatic heterocycles. The van der Waals surface area contributed by atoms with Gasteiger partial charge in [-0.1, -0.05) is 24.3 Å². The van der Waals surface area contributed by atoms with Crippen LogP contribution in [0, 0.1) is 12.7 Å². The van der Waals surface area contributed by atoms with Crippen molar-refractivity contribution in [1.82, 2.24) is 4.90 Å². The standard InChI is InChI=1S/C25H33FN2O4/c1-20-5-4-6-21(15-20)32-19-25(30)17-27(13-14-31-18-25)16-24(29)9-11-28(12-10-24)23-8-3-2-7-22(23)26/h2-8,15,29-30H,9-14,16-19H2,1H3. The van der Waals surface area contributed by atoms with E-state index in [-0.39, 0.29) is 19.0 Å². The van der Waals surface area contributed by atoms with E-state index < -0.39 is 11.2 Å². The maximum Gasteiger partial charge on any atom is 0.146 e. The molecule has 6 nitrogen and oxygen atoms in total. The molecule has 2 fully saturated rings.